The molecule has 2 aromatic rings. The molecule has 2 heterocycles. The zero-order valence-corrected chi connectivity index (χ0v) is 15.4. The molecule has 1 aromatic heterocycles. The lowest BCUT2D eigenvalue weighted by Crippen LogP contribution is -2.54. The first-order valence-electron chi connectivity index (χ1n) is 8.92. The van der Waals surface area contributed by atoms with Gasteiger partial charge in [0.05, 0.1) is 12.2 Å². The average molecular weight is 433 g/mol. The normalized spacial score (nSPS) is 19.6. The monoisotopic (exact) mass is 433 g/mol. The molecular weight excluding hydrogens is 416 g/mol. The maximum atomic E-state index is 13.2. The number of halogens is 6. The predicted octanol–water partition coefficient (Wildman–Crippen LogP) is 3.86. The highest BCUT2D eigenvalue weighted by atomic mass is 19.4. The number of pyridine rings is 1. The van der Waals surface area contributed by atoms with E-state index in [0.717, 1.165) is 6.20 Å². The van der Waals surface area contributed by atoms with Crippen molar-refractivity contribution in [2.75, 3.05) is 18.0 Å². The second kappa shape index (κ2) is 8.80. The molecule has 1 aromatic carbocycles. The number of aromatic nitrogens is 1. The van der Waals surface area contributed by atoms with Gasteiger partial charge in [0.2, 0.25) is 0 Å². The van der Waals surface area contributed by atoms with Gasteiger partial charge in [0.25, 0.3) is 0 Å². The minimum atomic E-state index is -5.05. The van der Waals surface area contributed by atoms with Crippen LogP contribution >= 0.6 is 0 Å². The molecule has 5 nitrogen and oxygen atoms in total. The lowest BCUT2D eigenvalue weighted by molar-refractivity contribution is -0.174. The lowest BCUT2D eigenvalue weighted by atomic mass is 9.85. The number of anilines is 1. The van der Waals surface area contributed by atoms with E-state index in [1.807, 2.05) is 5.32 Å². The number of amides is 1. The molecule has 1 amide bonds. The van der Waals surface area contributed by atoms with Gasteiger partial charge in [-0.25, -0.2) is 9.37 Å². The molecule has 0 radical (unpaired) electrons. The quantitative estimate of drug-likeness (QED) is 0.728. The Morgan fingerprint density at radius 1 is 1.17 bits per heavy atom. The Labute approximate surface area is 167 Å². The highest BCUT2D eigenvalue weighted by Crippen LogP contribution is 2.32. The summed E-state index contributed by atoms with van der Waals surface area (Å²) in [4.78, 5) is 17.2. The summed E-state index contributed by atoms with van der Waals surface area (Å²) in [6.45, 7) is -2.64. The minimum Gasteiger partial charge on any atom is -0.433 e. The van der Waals surface area contributed by atoms with Gasteiger partial charge in [0, 0.05) is 19.0 Å². The summed E-state index contributed by atoms with van der Waals surface area (Å²) in [5.41, 5.74) is 0.595. The third kappa shape index (κ3) is 5.33. The largest absolute Gasteiger partial charge is 0.471 e. The van der Waals surface area contributed by atoms with E-state index >= 15 is 0 Å². The summed E-state index contributed by atoms with van der Waals surface area (Å²) in [7, 11) is 0. The molecule has 162 valence electrons. The molecule has 1 aliphatic rings. The summed E-state index contributed by atoms with van der Waals surface area (Å²) < 4.78 is 80.3. The third-order valence-corrected chi connectivity index (χ3v) is 4.75. The molecule has 1 N–H and O–H groups in total. The van der Waals surface area contributed by atoms with Crippen molar-refractivity contribution in [3.63, 3.8) is 0 Å². The summed E-state index contributed by atoms with van der Waals surface area (Å²) in [5, 5.41) is 2.01. The van der Waals surface area contributed by atoms with E-state index in [4.69, 9.17) is 0 Å². The van der Waals surface area contributed by atoms with Crippen LogP contribution in [-0.4, -0.2) is 42.8 Å². The number of hydrogen-bond donors (Lipinski definition) is 1. The van der Waals surface area contributed by atoms with Crippen molar-refractivity contribution >= 4 is 11.7 Å². The number of hydrogen-bond acceptors (Lipinski definition) is 4. The van der Waals surface area contributed by atoms with Crippen molar-refractivity contribution in [1.29, 1.82) is 0 Å². The molecule has 0 spiro atoms. The van der Waals surface area contributed by atoms with Crippen molar-refractivity contribution in [3.8, 4) is 5.75 Å². The fourth-order valence-electron chi connectivity index (χ4n) is 3.40. The summed E-state index contributed by atoms with van der Waals surface area (Å²) in [5.74, 6) is -2.86. The van der Waals surface area contributed by atoms with Gasteiger partial charge in [-0.1, -0.05) is 12.1 Å². The number of ether oxygens (including phenoxy) is 1. The number of rotatable bonds is 5. The molecule has 30 heavy (non-hydrogen) atoms. The Balaban J connectivity index is 1.80. The van der Waals surface area contributed by atoms with Crippen LogP contribution in [-0.2, 0) is 4.79 Å². The van der Waals surface area contributed by atoms with E-state index in [0.29, 0.717) is 24.3 Å². The fourth-order valence-corrected chi connectivity index (χ4v) is 3.40. The standard InChI is InChI=1S/C19H17F6N3O2/c20-12-3-1-11(2-4-12)14-7-8-28(10-15(14)27-17(29)19(23,24)25)16-6-5-13(9-26-16)30-18(21)22/h1-6,9,14-15,18H,7-8,10H2,(H,27,29). The number of carbonyl (C=O) groups excluding carboxylic acids is 1. The van der Waals surface area contributed by atoms with Crippen LogP contribution in [0.25, 0.3) is 0 Å². The van der Waals surface area contributed by atoms with Crippen LogP contribution in [0.5, 0.6) is 5.75 Å². The molecule has 1 aliphatic heterocycles. The maximum absolute atomic E-state index is 13.2. The number of benzene rings is 1. The first kappa shape index (κ1) is 21.7. The number of nitrogens with one attached hydrogen (secondary N) is 1. The Bertz CT molecular complexity index is 858. The molecule has 11 heteroatoms. The van der Waals surface area contributed by atoms with E-state index < -0.39 is 36.5 Å². The van der Waals surface area contributed by atoms with Crippen LogP contribution in [0.15, 0.2) is 42.6 Å². The molecule has 0 saturated carbocycles. The van der Waals surface area contributed by atoms with E-state index in [1.54, 1.807) is 4.90 Å². The molecule has 0 bridgehead atoms. The first-order valence-corrected chi connectivity index (χ1v) is 8.92. The minimum absolute atomic E-state index is 0.00802. The Morgan fingerprint density at radius 3 is 2.43 bits per heavy atom. The summed E-state index contributed by atoms with van der Waals surface area (Å²) >= 11 is 0. The van der Waals surface area contributed by atoms with Gasteiger partial charge >= 0.3 is 18.7 Å². The van der Waals surface area contributed by atoms with E-state index in [2.05, 4.69) is 9.72 Å². The van der Waals surface area contributed by atoms with E-state index in [1.165, 1.54) is 36.4 Å². The topological polar surface area (TPSA) is 54.5 Å². The third-order valence-electron chi connectivity index (χ3n) is 4.75. The Morgan fingerprint density at radius 2 is 1.87 bits per heavy atom. The fraction of sp³-hybridized carbons (Fsp3) is 0.368. The smallest absolute Gasteiger partial charge is 0.433 e. The SMILES string of the molecule is O=C(NC1CN(c2ccc(OC(F)F)cn2)CCC1c1ccc(F)cc1)C(F)(F)F. The summed E-state index contributed by atoms with van der Waals surface area (Å²) in [6, 6.07) is 7.08. The second-order valence-electron chi connectivity index (χ2n) is 6.70. The van der Waals surface area contributed by atoms with Crippen molar-refractivity contribution in [2.24, 2.45) is 0 Å². The van der Waals surface area contributed by atoms with Gasteiger partial charge in [-0.2, -0.15) is 22.0 Å². The van der Waals surface area contributed by atoms with Crippen molar-refractivity contribution in [3.05, 3.63) is 54.0 Å². The lowest BCUT2D eigenvalue weighted by Gasteiger charge is -2.40. The van der Waals surface area contributed by atoms with Crippen LogP contribution in [0.1, 0.15) is 17.9 Å². The first-order chi connectivity index (χ1) is 14.1. The van der Waals surface area contributed by atoms with Gasteiger partial charge in [-0.3, -0.25) is 4.79 Å². The van der Waals surface area contributed by atoms with Crippen LogP contribution in [0, 0.1) is 5.82 Å². The number of carbonyl (C=O) groups is 1. The average Bonchev–Trinajstić information content (AvgIpc) is 2.68. The maximum Gasteiger partial charge on any atom is 0.471 e. The zero-order chi connectivity index (χ0) is 21.9. The van der Waals surface area contributed by atoms with E-state index in [-0.39, 0.29) is 12.3 Å². The van der Waals surface area contributed by atoms with Gasteiger partial charge < -0.3 is 15.0 Å². The molecule has 1 saturated heterocycles. The molecular formula is C19H17F6N3O2. The van der Waals surface area contributed by atoms with Gasteiger partial charge in [-0.05, 0) is 36.2 Å². The summed E-state index contributed by atoms with van der Waals surface area (Å²) in [6.07, 6.45) is -3.62. The van der Waals surface area contributed by atoms with Crippen LogP contribution in [0.4, 0.5) is 32.2 Å². The van der Waals surface area contributed by atoms with Crippen molar-refractivity contribution < 1.29 is 35.9 Å². The number of alkyl halides is 5. The Hall–Kier alpha value is -2.98. The van der Waals surface area contributed by atoms with Crippen LogP contribution in [0.3, 0.4) is 0 Å². The van der Waals surface area contributed by atoms with Crippen molar-refractivity contribution in [2.45, 2.75) is 31.2 Å². The zero-order valence-electron chi connectivity index (χ0n) is 15.4. The molecule has 2 unspecified atom stereocenters. The van der Waals surface area contributed by atoms with Crippen LogP contribution < -0.4 is 15.0 Å². The molecule has 3 rings (SSSR count). The van der Waals surface area contributed by atoms with Crippen LogP contribution in [0.2, 0.25) is 0 Å². The number of piperidine rings is 1. The van der Waals surface area contributed by atoms with E-state index in [9.17, 15) is 31.1 Å². The molecule has 0 aliphatic carbocycles. The highest BCUT2D eigenvalue weighted by molar-refractivity contribution is 5.82. The second-order valence-corrected chi connectivity index (χ2v) is 6.70. The molecule has 1 fully saturated rings. The van der Waals surface area contributed by atoms with Gasteiger partial charge in [0.15, 0.2) is 0 Å². The van der Waals surface area contributed by atoms with Crippen molar-refractivity contribution in [1.82, 2.24) is 10.3 Å². The van der Waals surface area contributed by atoms with Gasteiger partial charge in [0.1, 0.15) is 17.4 Å². The molecule has 2 atom stereocenters. The van der Waals surface area contributed by atoms with Gasteiger partial charge in [-0.15, -0.1) is 0 Å². The predicted molar refractivity (Wildman–Crippen MR) is 94.8 cm³/mol. The Kier molecular flexibility index (Phi) is 6.37. The number of nitrogens with zero attached hydrogens (tertiary/aromatic N) is 2. The highest BCUT2D eigenvalue weighted by Gasteiger charge is 2.42.